The van der Waals surface area contributed by atoms with Crippen LogP contribution in [0, 0.1) is 13.8 Å². The molecule has 12 aromatic carbocycles. The first-order valence-electron chi connectivity index (χ1n) is 20.3. The molecule has 0 amide bonds. The van der Waals surface area contributed by atoms with Gasteiger partial charge in [-0.15, -0.1) is 0 Å². The van der Waals surface area contributed by atoms with E-state index in [0.29, 0.717) is 0 Å². The SMILES string of the molecule is Cc1c2ccc(-c3ccc4ccc5cccc6ccc3c4c56)cc2c(C)c2cc3c(cc12)-c1ccc(-c2cc4cccc5ccc6cccc2c6c54)cc1C3(C)C. The quantitative estimate of drug-likeness (QED) is 0.123. The highest BCUT2D eigenvalue weighted by Crippen LogP contribution is 2.53. The second-order valence-corrected chi connectivity index (χ2v) is 17.3. The largest absolute Gasteiger partial charge is 0.0610 e. The van der Waals surface area contributed by atoms with Crippen molar-refractivity contribution in [1.82, 2.24) is 0 Å². The lowest BCUT2D eigenvalue weighted by Crippen LogP contribution is -2.15. The summed E-state index contributed by atoms with van der Waals surface area (Å²) in [5.74, 6) is 0. The molecular weight excluding hydrogens is 685 g/mol. The molecular formula is C57H38. The number of rotatable bonds is 2. The summed E-state index contributed by atoms with van der Waals surface area (Å²) in [5, 5.41) is 21.4. The minimum absolute atomic E-state index is 0.146. The first-order valence-corrected chi connectivity index (χ1v) is 20.3. The molecule has 266 valence electrons. The molecule has 0 saturated carbocycles. The predicted molar refractivity (Wildman–Crippen MR) is 247 cm³/mol. The van der Waals surface area contributed by atoms with E-state index in [1.54, 1.807) is 0 Å². The number of aryl methyl sites for hydroxylation is 2. The van der Waals surface area contributed by atoms with Gasteiger partial charge in [-0.1, -0.05) is 141 Å². The van der Waals surface area contributed by atoms with Crippen LogP contribution in [0.5, 0.6) is 0 Å². The highest BCUT2D eigenvalue weighted by atomic mass is 14.4. The van der Waals surface area contributed by atoms with Crippen LogP contribution in [0.1, 0.15) is 36.1 Å². The molecule has 0 radical (unpaired) electrons. The smallest absolute Gasteiger partial charge is 0.0159 e. The van der Waals surface area contributed by atoms with Gasteiger partial charge in [0.25, 0.3) is 0 Å². The Hall–Kier alpha value is -6.76. The zero-order valence-corrected chi connectivity index (χ0v) is 32.5. The maximum absolute atomic E-state index is 2.53. The normalized spacial score (nSPS) is 13.8. The average molecular weight is 723 g/mol. The van der Waals surface area contributed by atoms with E-state index in [0.717, 1.165) is 0 Å². The summed E-state index contributed by atoms with van der Waals surface area (Å²) in [6.45, 7) is 9.51. The monoisotopic (exact) mass is 722 g/mol. The summed E-state index contributed by atoms with van der Waals surface area (Å²) in [7, 11) is 0. The van der Waals surface area contributed by atoms with Gasteiger partial charge < -0.3 is 0 Å². The van der Waals surface area contributed by atoms with E-state index >= 15 is 0 Å². The third-order valence-electron chi connectivity index (χ3n) is 14.1. The van der Waals surface area contributed by atoms with Crippen molar-refractivity contribution in [2.45, 2.75) is 33.1 Å². The van der Waals surface area contributed by atoms with Crippen LogP contribution in [-0.2, 0) is 5.41 Å². The Labute approximate surface area is 331 Å². The molecule has 0 aliphatic heterocycles. The molecule has 57 heavy (non-hydrogen) atoms. The van der Waals surface area contributed by atoms with Gasteiger partial charge in [-0.25, -0.2) is 0 Å². The molecule has 0 N–H and O–H groups in total. The number of hydrogen-bond donors (Lipinski definition) is 0. The lowest BCUT2D eigenvalue weighted by molar-refractivity contribution is 0.661. The minimum Gasteiger partial charge on any atom is -0.0610 e. The summed E-state index contributed by atoms with van der Waals surface area (Å²) in [6.07, 6.45) is 0. The van der Waals surface area contributed by atoms with Gasteiger partial charge in [-0.05, 0) is 186 Å². The number of fused-ring (bicyclic) bond motifs is 5. The Bertz CT molecular complexity index is 3710. The molecule has 0 heteroatoms. The van der Waals surface area contributed by atoms with E-state index in [2.05, 4.69) is 185 Å². The van der Waals surface area contributed by atoms with Crippen molar-refractivity contribution in [3.63, 3.8) is 0 Å². The Balaban J connectivity index is 0.980. The van der Waals surface area contributed by atoms with Crippen LogP contribution in [0.4, 0.5) is 0 Å². The van der Waals surface area contributed by atoms with Gasteiger partial charge in [-0.2, -0.15) is 0 Å². The molecule has 0 bridgehead atoms. The molecule has 0 fully saturated rings. The maximum atomic E-state index is 2.53. The molecule has 0 aromatic heterocycles. The Morgan fingerprint density at radius 3 is 1.53 bits per heavy atom. The molecule has 0 saturated heterocycles. The summed E-state index contributed by atoms with van der Waals surface area (Å²) in [4.78, 5) is 0. The first kappa shape index (κ1) is 31.4. The summed E-state index contributed by atoms with van der Waals surface area (Å²) in [6, 6.07) is 60.4. The second-order valence-electron chi connectivity index (χ2n) is 17.3. The predicted octanol–water partition coefficient (Wildman–Crippen LogP) is 16.0. The summed E-state index contributed by atoms with van der Waals surface area (Å²) in [5.41, 5.74) is 13.3. The van der Waals surface area contributed by atoms with E-state index in [-0.39, 0.29) is 5.41 Å². The van der Waals surface area contributed by atoms with E-state index in [1.807, 2.05) is 0 Å². The lowest BCUT2D eigenvalue weighted by Gasteiger charge is -2.23. The fourth-order valence-corrected chi connectivity index (χ4v) is 11.2. The van der Waals surface area contributed by atoms with Crippen molar-refractivity contribution < 1.29 is 0 Å². The average Bonchev–Trinajstić information content (AvgIpc) is 3.47. The van der Waals surface area contributed by atoms with Crippen molar-refractivity contribution in [1.29, 1.82) is 0 Å². The third-order valence-corrected chi connectivity index (χ3v) is 14.1. The molecule has 12 aromatic rings. The minimum atomic E-state index is -0.146. The molecule has 13 rings (SSSR count). The maximum Gasteiger partial charge on any atom is 0.0159 e. The zero-order chi connectivity index (χ0) is 37.9. The van der Waals surface area contributed by atoms with Crippen LogP contribution in [-0.4, -0.2) is 0 Å². The topological polar surface area (TPSA) is 0 Å². The van der Waals surface area contributed by atoms with E-state index in [9.17, 15) is 0 Å². The molecule has 0 spiro atoms. The third kappa shape index (κ3) is 4.02. The van der Waals surface area contributed by atoms with Crippen molar-refractivity contribution in [3.05, 3.63) is 180 Å². The van der Waals surface area contributed by atoms with Crippen LogP contribution in [0.15, 0.2) is 158 Å². The fourth-order valence-electron chi connectivity index (χ4n) is 11.2. The van der Waals surface area contributed by atoms with Gasteiger partial charge in [0.1, 0.15) is 0 Å². The Morgan fingerprint density at radius 2 is 0.772 bits per heavy atom. The second kappa shape index (κ2) is 10.8. The zero-order valence-electron chi connectivity index (χ0n) is 32.5. The number of benzene rings is 12. The standard InChI is InChI=1S/C57H38/c1-31-41-22-20-38(42-23-18-37-17-15-33-8-5-9-35-19-25-45(42)56(37)53(33)35)26-46(41)32(2)48-30-52-50(29-47(31)48)43-24-21-39(28-51(43)57(52,3)4)49-27-40-12-6-10-34-14-16-36-11-7-13-44(49)55(36)54(34)40/h5-30H,1-4H3. The number of hydrogen-bond acceptors (Lipinski definition) is 0. The van der Waals surface area contributed by atoms with Crippen LogP contribution in [0.3, 0.4) is 0 Å². The van der Waals surface area contributed by atoms with Crippen molar-refractivity contribution in [2.75, 3.05) is 0 Å². The summed E-state index contributed by atoms with van der Waals surface area (Å²) < 4.78 is 0. The van der Waals surface area contributed by atoms with Gasteiger partial charge in [0.15, 0.2) is 0 Å². The van der Waals surface area contributed by atoms with E-state index in [1.165, 1.54) is 142 Å². The summed E-state index contributed by atoms with van der Waals surface area (Å²) >= 11 is 0. The molecule has 1 aliphatic rings. The first-order chi connectivity index (χ1) is 27.8. The van der Waals surface area contributed by atoms with Crippen LogP contribution in [0.25, 0.3) is 120 Å². The lowest BCUT2D eigenvalue weighted by atomic mass is 9.80. The molecule has 0 nitrogen and oxygen atoms in total. The fraction of sp³-hybridized carbons (Fsp3) is 0.0877. The Morgan fingerprint density at radius 1 is 0.298 bits per heavy atom. The van der Waals surface area contributed by atoms with Crippen molar-refractivity contribution >= 4 is 86.2 Å². The van der Waals surface area contributed by atoms with Gasteiger partial charge >= 0.3 is 0 Å². The molecule has 1 aliphatic carbocycles. The highest BCUT2D eigenvalue weighted by molar-refractivity contribution is 6.27. The van der Waals surface area contributed by atoms with Gasteiger partial charge in [0, 0.05) is 5.41 Å². The molecule has 0 atom stereocenters. The molecule has 0 heterocycles. The Kier molecular flexibility index (Phi) is 5.93. The molecule has 0 unspecified atom stereocenters. The van der Waals surface area contributed by atoms with Gasteiger partial charge in [-0.3, -0.25) is 0 Å². The van der Waals surface area contributed by atoms with Crippen LogP contribution >= 0.6 is 0 Å². The van der Waals surface area contributed by atoms with Crippen molar-refractivity contribution in [2.24, 2.45) is 0 Å². The van der Waals surface area contributed by atoms with Crippen molar-refractivity contribution in [3.8, 4) is 33.4 Å². The van der Waals surface area contributed by atoms with Gasteiger partial charge in [0.2, 0.25) is 0 Å². The van der Waals surface area contributed by atoms with Crippen LogP contribution < -0.4 is 0 Å². The van der Waals surface area contributed by atoms with E-state index in [4.69, 9.17) is 0 Å². The van der Waals surface area contributed by atoms with Crippen LogP contribution in [0.2, 0.25) is 0 Å². The van der Waals surface area contributed by atoms with Gasteiger partial charge in [0.05, 0.1) is 0 Å². The highest BCUT2D eigenvalue weighted by Gasteiger charge is 2.36. The van der Waals surface area contributed by atoms with E-state index < -0.39 is 0 Å².